The molecule has 22 heavy (non-hydrogen) atoms. The topological polar surface area (TPSA) is 112 Å². The first-order valence-electron chi connectivity index (χ1n) is 6.42. The number of nitrogens with one attached hydrogen (secondary N) is 2. The van der Waals surface area contributed by atoms with Crippen molar-refractivity contribution < 1.29 is 14.7 Å². The maximum atomic E-state index is 12.1. The van der Waals surface area contributed by atoms with Gasteiger partial charge >= 0.3 is 5.97 Å². The molecule has 0 unspecified atom stereocenters. The summed E-state index contributed by atoms with van der Waals surface area (Å²) >= 11 is 0. The van der Waals surface area contributed by atoms with Crippen molar-refractivity contribution in [3.05, 3.63) is 46.4 Å². The number of benzene rings is 1. The highest BCUT2D eigenvalue weighted by molar-refractivity contribution is 6.05. The van der Waals surface area contributed by atoms with Crippen LogP contribution in [0.1, 0.15) is 17.3 Å². The van der Waals surface area contributed by atoms with Crippen LogP contribution in [0.2, 0.25) is 0 Å². The highest BCUT2D eigenvalue weighted by Gasteiger charge is 2.13. The predicted molar refractivity (Wildman–Crippen MR) is 81.1 cm³/mol. The number of carboxylic acids is 1. The molecule has 2 aromatic heterocycles. The molecule has 7 heteroatoms. The Bertz CT molecular complexity index is 991. The standard InChI is InChI=1S/C15H11N3O4/c1-7(19)18-9-4-8-2-3-10-13(12(8)16-5-9)17-6-11(14(10)20)15(21)22/h2-6H,1H3,(H,17,20)(H,18,19)(H,21,22). The average molecular weight is 297 g/mol. The van der Waals surface area contributed by atoms with E-state index in [1.807, 2.05) is 0 Å². The second-order valence-electron chi connectivity index (χ2n) is 4.80. The lowest BCUT2D eigenvalue weighted by Gasteiger charge is -2.06. The van der Waals surface area contributed by atoms with Gasteiger partial charge in [0.25, 0.3) is 0 Å². The fourth-order valence-corrected chi connectivity index (χ4v) is 2.32. The number of carbonyl (C=O) groups excluding carboxylic acids is 1. The van der Waals surface area contributed by atoms with E-state index in [1.165, 1.54) is 13.1 Å². The Morgan fingerprint density at radius 3 is 2.77 bits per heavy atom. The zero-order valence-electron chi connectivity index (χ0n) is 11.5. The number of aromatic amines is 1. The monoisotopic (exact) mass is 297 g/mol. The molecule has 0 saturated heterocycles. The molecular formula is C15H11N3O4. The summed E-state index contributed by atoms with van der Waals surface area (Å²) in [6, 6.07) is 4.94. The third kappa shape index (κ3) is 2.18. The fourth-order valence-electron chi connectivity index (χ4n) is 2.32. The number of carbonyl (C=O) groups is 2. The maximum absolute atomic E-state index is 12.1. The van der Waals surface area contributed by atoms with Crippen molar-refractivity contribution in [1.29, 1.82) is 0 Å². The number of anilines is 1. The lowest BCUT2D eigenvalue weighted by molar-refractivity contribution is -0.114. The van der Waals surface area contributed by atoms with Crippen LogP contribution in [-0.2, 0) is 4.79 Å². The van der Waals surface area contributed by atoms with E-state index in [2.05, 4.69) is 15.3 Å². The van der Waals surface area contributed by atoms with Crippen molar-refractivity contribution in [3.8, 4) is 0 Å². The summed E-state index contributed by atoms with van der Waals surface area (Å²) in [5, 5.41) is 12.6. The van der Waals surface area contributed by atoms with Crippen LogP contribution in [0.3, 0.4) is 0 Å². The second-order valence-corrected chi connectivity index (χ2v) is 4.80. The molecule has 0 spiro atoms. The molecular weight excluding hydrogens is 286 g/mol. The Morgan fingerprint density at radius 1 is 1.32 bits per heavy atom. The highest BCUT2D eigenvalue weighted by Crippen LogP contribution is 2.22. The smallest absolute Gasteiger partial charge is 0.341 e. The Labute approximate surface area is 123 Å². The van der Waals surface area contributed by atoms with Crippen LogP contribution in [0.15, 0.2) is 35.4 Å². The Balaban J connectivity index is 2.28. The molecule has 7 nitrogen and oxygen atoms in total. The SMILES string of the molecule is CC(=O)Nc1cnc2c(ccc3c(=O)c(C(=O)O)c[nH]c32)c1. The average Bonchev–Trinajstić information content (AvgIpc) is 2.46. The van der Waals surface area contributed by atoms with E-state index in [4.69, 9.17) is 5.11 Å². The van der Waals surface area contributed by atoms with E-state index in [9.17, 15) is 14.4 Å². The number of aromatic nitrogens is 2. The van der Waals surface area contributed by atoms with Gasteiger partial charge in [-0.15, -0.1) is 0 Å². The van der Waals surface area contributed by atoms with Crippen molar-refractivity contribution in [2.45, 2.75) is 6.92 Å². The van der Waals surface area contributed by atoms with Crippen LogP contribution in [-0.4, -0.2) is 27.0 Å². The van der Waals surface area contributed by atoms with E-state index >= 15 is 0 Å². The van der Waals surface area contributed by atoms with Crippen molar-refractivity contribution in [2.24, 2.45) is 0 Å². The van der Waals surface area contributed by atoms with E-state index < -0.39 is 11.4 Å². The molecule has 3 N–H and O–H groups in total. The van der Waals surface area contributed by atoms with Crippen molar-refractivity contribution in [1.82, 2.24) is 9.97 Å². The number of carboxylic acid groups (broad SMARTS) is 1. The van der Waals surface area contributed by atoms with Gasteiger partial charge in [-0.2, -0.15) is 0 Å². The summed E-state index contributed by atoms with van der Waals surface area (Å²) in [6.45, 7) is 1.40. The lowest BCUT2D eigenvalue weighted by Crippen LogP contribution is -2.15. The van der Waals surface area contributed by atoms with Crippen LogP contribution < -0.4 is 10.7 Å². The second kappa shape index (κ2) is 4.96. The molecule has 0 atom stereocenters. The van der Waals surface area contributed by atoms with Gasteiger partial charge in [0, 0.05) is 23.9 Å². The largest absolute Gasteiger partial charge is 0.477 e. The quantitative estimate of drug-likeness (QED) is 0.624. The van der Waals surface area contributed by atoms with E-state index in [-0.39, 0.29) is 16.9 Å². The molecule has 3 aromatic rings. The molecule has 110 valence electrons. The molecule has 0 bridgehead atoms. The van der Waals surface area contributed by atoms with E-state index in [0.29, 0.717) is 16.7 Å². The fraction of sp³-hybridized carbons (Fsp3) is 0.0667. The Hall–Kier alpha value is -3.22. The van der Waals surface area contributed by atoms with Crippen LogP contribution >= 0.6 is 0 Å². The summed E-state index contributed by atoms with van der Waals surface area (Å²) in [5.74, 6) is -1.49. The van der Waals surface area contributed by atoms with E-state index in [0.717, 1.165) is 11.6 Å². The number of H-pyrrole nitrogens is 1. The number of nitrogens with zero attached hydrogens (tertiary/aromatic N) is 1. The lowest BCUT2D eigenvalue weighted by atomic mass is 10.1. The van der Waals surface area contributed by atoms with Crippen molar-refractivity contribution in [2.75, 3.05) is 5.32 Å². The minimum Gasteiger partial charge on any atom is -0.477 e. The molecule has 0 radical (unpaired) electrons. The first-order chi connectivity index (χ1) is 10.5. The Kier molecular flexibility index (Phi) is 3.10. The first kappa shape index (κ1) is 13.7. The van der Waals surface area contributed by atoms with E-state index in [1.54, 1.807) is 18.2 Å². The molecule has 1 aromatic carbocycles. The molecule has 0 aliphatic carbocycles. The Morgan fingerprint density at radius 2 is 2.09 bits per heavy atom. The summed E-state index contributed by atoms with van der Waals surface area (Å²) in [5.41, 5.74) is 0.656. The van der Waals surface area contributed by atoms with Crippen molar-refractivity contribution >= 4 is 39.4 Å². The van der Waals surface area contributed by atoms with Gasteiger partial charge in [0.2, 0.25) is 11.3 Å². The molecule has 3 rings (SSSR count). The van der Waals surface area contributed by atoms with Gasteiger partial charge in [0.1, 0.15) is 5.56 Å². The van der Waals surface area contributed by atoms with Gasteiger partial charge in [-0.05, 0) is 12.1 Å². The number of rotatable bonds is 2. The molecule has 0 saturated carbocycles. The molecule has 1 amide bonds. The van der Waals surface area contributed by atoms with Crippen LogP contribution in [0, 0.1) is 0 Å². The number of fused-ring (bicyclic) bond motifs is 3. The highest BCUT2D eigenvalue weighted by atomic mass is 16.4. The summed E-state index contributed by atoms with van der Waals surface area (Å²) in [4.78, 5) is 41.3. The summed E-state index contributed by atoms with van der Waals surface area (Å²) in [7, 11) is 0. The number of pyridine rings is 2. The summed E-state index contributed by atoms with van der Waals surface area (Å²) in [6.07, 6.45) is 2.64. The van der Waals surface area contributed by atoms with Crippen molar-refractivity contribution in [3.63, 3.8) is 0 Å². The molecule has 0 fully saturated rings. The van der Waals surface area contributed by atoms with Gasteiger partial charge in [0.15, 0.2) is 0 Å². The predicted octanol–water partition coefficient (Wildman–Crippen LogP) is 1.73. The minimum atomic E-state index is -1.28. The maximum Gasteiger partial charge on any atom is 0.341 e. The number of amides is 1. The molecule has 2 heterocycles. The number of hydrogen-bond donors (Lipinski definition) is 3. The zero-order chi connectivity index (χ0) is 15.9. The third-order valence-electron chi connectivity index (χ3n) is 3.25. The molecule has 0 aliphatic rings. The van der Waals surface area contributed by atoms with Gasteiger partial charge in [-0.25, -0.2) is 4.79 Å². The van der Waals surface area contributed by atoms with Crippen LogP contribution in [0.4, 0.5) is 5.69 Å². The van der Waals surface area contributed by atoms with Gasteiger partial charge in [-0.3, -0.25) is 14.6 Å². The van der Waals surface area contributed by atoms with Gasteiger partial charge in [-0.1, -0.05) is 6.07 Å². The van der Waals surface area contributed by atoms with Crippen LogP contribution in [0.25, 0.3) is 21.8 Å². The zero-order valence-corrected chi connectivity index (χ0v) is 11.5. The minimum absolute atomic E-state index is 0.207. The molecule has 0 aliphatic heterocycles. The third-order valence-corrected chi connectivity index (χ3v) is 3.25. The van der Waals surface area contributed by atoms with Crippen LogP contribution in [0.5, 0.6) is 0 Å². The van der Waals surface area contributed by atoms with Gasteiger partial charge in [0.05, 0.1) is 22.9 Å². The number of hydrogen-bond acceptors (Lipinski definition) is 4. The first-order valence-corrected chi connectivity index (χ1v) is 6.42. The number of aromatic carboxylic acids is 1. The van der Waals surface area contributed by atoms with Gasteiger partial charge < -0.3 is 15.4 Å². The normalized spacial score (nSPS) is 10.8. The summed E-state index contributed by atoms with van der Waals surface area (Å²) < 4.78 is 0.